The van der Waals surface area contributed by atoms with Crippen molar-refractivity contribution in [3.05, 3.63) is 41.6 Å². The molecule has 7 nitrogen and oxygen atoms in total. The van der Waals surface area contributed by atoms with Crippen LogP contribution in [-0.2, 0) is 14.3 Å². The molecule has 7 heteroatoms. The van der Waals surface area contributed by atoms with Gasteiger partial charge in [0.2, 0.25) is 0 Å². The summed E-state index contributed by atoms with van der Waals surface area (Å²) < 4.78 is 10.0. The number of para-hydroxylation sites is 1. The Morgan fingerprint density at radius 2 is 2.04 bits per heavy atom. The van der Waals surface area contributed by atoms with Crippen LogP contribution in [0.5, 0.6) is 0 Å². The second-order valence-electron chi connectivity index (χ2n) is 5.11. The lowest BCUT2D eigenvalue weighted by Crippen LogP contribution is -2.20. The first-order valence-corrected chi connectivity index (χ1v) is 8.04. The Morgan fingerprint density at radius 1 is 1.28 bits per heavy atom. The molecule has 0 saturated carbocycles. The number of nitriles is 1. The van der Waals surface area contributed by atoms with E-state index in [1.54, 1.807) is 31.4 Å². The van der Waals surface area contributed by atoms with E-state index in [2.05, 4.69) is 10.6 Å². The number of esters is 1. The number of carbonyl (C=O) groups is 2. The molecule has 0 saturated heterocycles. The summed E-state index contributed by atoms with van der Waals surface area (Å²) in [7, 11) is 1.56. The number of nitrogens with zero attached hydrogens (tertiary/aromatic N) is 1. The number of ether oxygens (including phenoxy) is 2. The van der Waals surface area contributed by atoms with Crippen LogP contribution in [-0.4, -0.2) is 38.7 Å². The van der Waals surface area contributed by atoms with E-state index in [0.717, 1.165) is 12.8 Å². The van der Waals surface area contributed by atoms with E-state index in [1.807, 2.05) is 13.0 Å². The highest BCUT2D eigenvalue weighted by Crippen LogP contribution is 2.17. The SMILES string of the molecule is CCCCOC(=O)c1ccccc1NC(=O)/C(C#N)=C\NCCOC. The summed E-state index contributed by atoms with van der Waals surface area (Å²) in [5.74, 6) is -1.12. The molecule has 1 rings (SSSR count). The van der Waals surface area contributed by atoms with Crippen molar-refractivity contribution in [2.45, 2.75) is 19.8 Å². The molecule has 0 bridgehead atoms. The molecule has 0 heterocycles. The van der Waals surface area contributed by atoms with E-state index in [4.69, 9.17) is 14.7 Å². The maximum atomic E-state index is 12.2. The van der Waals surface area contributed by atoms with Crippen molar-refractivity contribution in [1.82, 2.24) is 5.32 Å². The summed E-state index contributed by atoms with van der Waals surface area (Å²) in [4.78, 5) is 24.3. The Morgan fingerprint density at radius 3 is 2.72 bits per heavy atom. The average molecular weight is 345 g/mol. The van der Waals surface area contributed by atoms with Crippen molar-refractivity contribution in [1.29, 1.82) is 5.26 Å². The molecule has 0 aromatic heterocycles. The first-order valence-electron chi connectivity index (χ1n) is 8.04. The van der Waals surface area contributed by atoms with E-state index in [9.17, 15) is 9.59 Å². The zero-order valence-electron chi connectivity index (χ0n) is 14.5. The first kappa shape index (κ1) is 20.2. The largest absolute Gasteiger partial charge is 0.462 e. The van der Waals surface area contributed by atoms with Gasteiger partial charge in [-0.1, -0.05) is 25.5 Å². The molecule has 134 valence electrons. The van der Waals surface area contributed by atoms with Gasteiger partial charge in [0, 0.05) is 19.9 Å². The van der Waals surface area contributed by atoms with Gasteiger partial charge < -0.3 is 20.1 Å². The van der Waals surface area contributed by atoms with Crippen LogP contribution in [0.1, 0.15) is 30.1 Å². The smallest absolute Gasteiger partial charge is 0.340 e. The maximum Gasteiger partial charge on any atom is 0.340 e. The van der Waals surface area contributed by atoms with Crippen LogP contribution in [0.4, 0.5) is 5.69 Å². The molecule has 0 aliphatic rings. The minimum Gasteiger partial charge on any atom is -0.462 e. The third kappa shape index (κ3) is 7.06. The van der Waals surface area contributed by atoms with E-state index >= 15 is 0 Å². The highest BCUT2D eigenvalue weighted by molar-refractivity contribution is 6.09. The molecule has 1 aromatic carbocycles. The molecule has 0 fully saturated rings. The molecule has 0 aliphatic heterocycles. The molecular formula is C18H23N3O4. The fourth-order valence-corrected chi connectivity index (χ4v) is 1.83. The average Bonchev–Trinajstić information content (AvgIpc) is 2.62. The summed E-state index contributed by atoms with van der Waals surface area (Å²) in [5.41, 5.74) is 0.439. The summed E-state index contributed by atoms with van der Waals surface area (Å²) in [6.45, 7) is 3.24. The number of unbranched alkanes of at least 4 members (excludes halogenated alkanes) is 1. The van der Waals surface area contributed by atoms with Crippen LogP contribution in [0.3, 0.4) is 0 Å². The second-order valence-corrected chi connectivity index (χ2v) is 5.11. The lowest BCUT2D eigenvalue weighted by atomic mass is 10.1. The van der Waals surface area contributed by atoms with Crippen molar-refractivity contribution < 1.29 is 19.1 Å². The molecule has 25 heavy (non-hydrogen) atoms. The maximum absolute atomic E-state index is 12.2. The number of rotatable bonds is 10. The van der Waals surface area contributed by atoms with Gasteiger partial charge in [-0.05, 0) is 18.6 Å². The molecule has 0 atom stereocenters. The first-order chi connectivity index (χ1) is 12.1. The van der Waals surface area contributed by atoms with E-state index < -0.39 is 11.9 Å². The van der Waals surface area contributed by atoms with Crippen molar-refractivity contribution in [2.75, 3.05) is 32.2 Å². The zero-order chi connectivity index (χ0) is 18.5. The minimum absolute atomic E-state index is 0.106. The quantitative estimate of drug-likeness (QED) is 0.292. The fraction of sp³-hybridized carbons (Fsp3) is 0.389. The fourth-order valence-electron chi connectivity index (χ4n) is 1.83. The zero-order valence-corrected chi connectivity index (χ0v) is 14.5. The Balaban J connectivity index is 2.79. The Labute approximate surface area is 147 Å². The second kappa shape index (κ2) is 11.6. The van der Waals surface area contributed by atoms with Crippen LogP contribution >= 0.6 is 0 Å². The van der Waals surface area contributed by atoms with Gasteiger partial charge in [-0.3, -0.25) is 4.79 Å². The number of benzene rings is 1. The Hall–Kier alpha value is -2.85. The predicted octanol–water partition coefficient (Wildman–Crippen LogP) is 2.23. The summed E-state index contributed by atoms with van der Waals surface area (Å²) in [5, 5.41) is 14.5. The van der Waals surface area contributed by atoms with Gasteiger partial charge in [-0.25, -0.2) is 4.79 Å². The third-order valence-electron chi connectivity index (χ3n) is 3.19. The van der Waals surface area contributed by atoms with E-state index in [1.165, 1.54) is 6.20 Å². The Kier molecular flexibility index (Phi) is 9.41. The number of methoxy groups -OCH3 is 1. The van der Waals surface area contributed by atoms with Gasteiger partial charge in [0.1, 0.15) is 11.6 Å². The standard InChI is InChI=1S/C18H23N3O4/c1-3-4-10-25-18(23)15-7-5-6-8-16(15)21-17(22)14(12-19)13-20-9-11-24-2/h5-8,13,20H,3-4,9-11H2,1-2H3,(H,21,22)/b14-13-. The van der Waals surface area contributed by atoms with E-state index in [-0.39, 0.29) is 11.1 Å². The van der Waals surface area contributed by atoms with Gasteiger partial charge in [-0.15, -0.1) is 0 Å². The number of anilines is 1. The molecule has 0 radical (unpaired) electrons. The predicted molar refractivity (Wildman–Crippen MR) is 93.8 cm³/mol. The van der Waals surface area contributed by atoms with Crippen LogP contribution in [0.25, 0.3) is 0 Å². The third-order valence-corrected chi connectivity index (χ3v) is 3.19. The lowest BCUT2D eigenvalue weighted by Gasteiger charge is -2.10. The van der Waals surface area contributed by atoms with Crippen LogP contribution in [0.15, 0.2) is 36.0 Å². The molecule has 0 spiro atoms. The molecule has 1 amide bonds. The Bertz CT molecular complexity index is 650. The summed E-state index contributed by atoms with van der Waals surface area (Å²) in [6, 6.07) is 8.34. The lowest BCUT2D eigenvalue weighted by molar-refractivity contribution is -0.112. The van der Waals surface area contributed by atoms with Gasteiger partial charge in [0.15, 0.2) is 0 Å². The number of hydrogen-bond donors (Lipinski definition) is 2. The van der Waals surface area contributed by atoms with Crippen molar-refractivity contribution >= 4 is 17.6 Å². The van der Waals surface area contributed by atoms with Gasteiger partial charge >= 0.3 is 5.97 Å². The number of carbonyl (C=O) groups excluding carboxylic acids is 2. The number of amides is 1. The van der Waals surface area contributed by atoms with Crippen molar-refractivity contribution in [3.8, 4) is 6.07 Å². The summed E-state index contributed by atoms with van der Waals surface area (Å²) in [6.07, 6.45) is 3.00. The van der Waals surface area contributed by atoms with Gasteiger partial charge in [-0.2, -0.15) is 5.26 Å². The highest BCUT2D eigenvalue weighted by Gasteiger charge is 2.16. The molecule has 2 N–H and O–H groups in total. The van der Waals surface area contributed by atoms with Crippen LogP contribution in [0.2, 0.25) is 0 Å². The monoisotopic (exact) mass is 345 g/mol. The minimum atomic E-state index is -0.610. The molecule has 1 aromatic rings. The van der Waals surface area contributed by atoms with Crippen LogP contribution in [0, 0.1) is 11.3 Å². The molecule has 0 unspecified atom stereocenters. The normalized spacial score (nSPS) is 10.7. The van der Waals surface area contributed by atoms with Crippen molar-refractivity contribution in [2.24, 2.45) is 0 Å². The summed E-state index contributed by atoms with van der Waals surface area (Å²) >= 11 is 0. The van der Waals surface area contributed by atoms with Gasteiger partial charge in [0.25, 0.3) is 5.91 Å². The van der Waals surface area contributed by atoms with E-state index in [0.29, 0.717) is 25.4 Å². The van der Waals surface area contributed by atoms with Crippen molar-refractivity contribution in [3.63, 3.8) is 0 Å². The highest BCUT2D eigenvalue weighted by atomic mass is 16.5. The molecule has 0 aliphatic carbocycles. The molecular weight excluding hydrogens is 322 g/mol. The number of hydrogen-bond acceptors (Lipinski definition) is 6. The van der Waals surface area contributed by atoms with Crippen LogP contribution < -0.4 is 10.6 Å². The van der Waals surface area contributed by atoms with Gasteiger partial charge in [0.05, 0.1) is 24.5 Å². The topological polar surface area (TPSA) is 100 Å². The number of nitrogens with one attached hydrogen (secondary N) is 2.